The zero-order chi connectivity index (χ0) is 24.4. The number of para-hydroxylation sites is 1. The monoisotopic (exact) mass is 504 g/mol. The third kappa shape index (κ3) is 5.07. The first-order valence-corrected chi connectivity index (χ1v) is 13.8. The Labute approximate surface area is 213 Å². The fourth-order valence-corrected chi connectivity index (χ4v) is 6.71. The lowest BCUT2D eigenvalue weighted by Crippen LogP contribution is -2.26. The molecule has 1 aliphatic rings. The third-order valence-corrected chi connectivity index (χ3v) is 8.36. The summed E-state index contributed by atoms with van der Waals surface area (Å²) in [6.07, 6.45) is 4.13. The van der Waals surface area contributed by atoms with Gasteiger partial charge in [-0.25, -0.2) is 4.98 Å². The summed E-state index contributed by atoms with van der Waals surface area (Å²) in [4.78, 5) is 33.3. The maximum atomic E-state index is 14.0. The van der Waals surface area contributed by atoms with Crippen molar-refractivity contribution in [3.8, 4) is 16.8 Å². The molecule has 5 rings (SSSR count). The van der Waals surface area contributed by atoms with Crippen molar-refractivity contribution in [2.45, 2.75) is 50.8 Å². The van der Waals surface area contributed by atoms with Gasteiger partial charge in [0.15, 0.2) is 5.16 Å². The minimum absolute atomic E-state index is 0.00742. The number of aryl methyl sites for hydroxylation is 1. The van der Waals surface area contributed by atoms with Crippen LogP contribution in [-0.4, -0.2) is 27.4 Å². The predicted molar refractivity (Wildman–Crippen MR) is 144 cm³/mol. The second-order valence-corrected chi connectivity index (χ2v) is 11.3. The van der Waals surface area contributed by atoms with E-state index in [-0.39, 0.29) is 23.4 Å². The molecule has 1 saturated carbocycles. The van der Waals surface area contributed by atoms with E-state index in [0.717, 1.165) is 41.0 Å². The summed E-state index contributed by atoms with van der Waals surface area (Å²) in [5.41, 5.74) is 2.53. The number of thioether (sulfide) groups is 1. The summed E-state index contributed by atoms with van der Waals surface area (Å²) in [5.74, 6) is 0.448. The SMILES string of the molecule is Cc1sc2nc(SCC(=O)OC3CCCC(C)C3)n(-c3ccccc3)c(=O)c2c1-c1ccccc1. The Morgan fingerprint density at radius 3 is 2.54 bits per heavy atom. The van der Waals surface area contributed by atoms with Gasteiger partial charge in [-0.2, -0.15) is 0 Å². The third-order valence-electron chi connectivity index (χ3n) is 6.45. The molecule has 2 atom stereocenters. The smallest absolute Gasteiger partial charge is 0.316 e. The van der Waals surface area contributed by atoms with Crippen LogP contribution in [0.4, 0.5) is 0 Å². The zero-order valence-electron chi connectivity index (χ0n) is 19.9. The molecular formula is C28H28N2O3S2. The van der Waals surface area contributed by atoms with Gasteiger partial charge in [0.1, 0.15) is 10.9 Å². The first-order chi connectivity index (χ1) is 17.0. The normalized spacial score (nSPS) is 18.0. The average Bonchev–Trinajstić information content (AvgIpc) is 3.20. The molecule has 2 unspecified atom stereocenters. The molecule has 1 fully saturated rings. The Bertz CT molecular complexity index is 1400. The summed E-state index contributed by atoms with van der Waals surface area (Å²) in [7, 11) is 0. The number of benzene rings is 2. The van der Waals surface area contributed by atoms with Crippen LogP contribution >= 0.6 is 23.1 Å². The largest absolute Gasteiger partial charge is 0.462 e. The molecule has 0 amide bonds. The van der Waals surface area contributed by atoms with Gasteiger partial charge in [-0.3, -0.25) is 14.2 Å². The molecule has 7 heteroatoms. The lowest BCUT2D eigenvalue weighted by atomic mass is 9.89. The molecule has 0 aliphatic heterocycles. The topological polar surface area (TPSA) is 61.2 Å². The number of hydrogen-bond acceptors (Lipinski definition) is 6. The zero-order valence-corrected chi connectivity index (χ0v) is 21.5. The lowest BCUT2D eigenvalue weighted by Gasteiger charge is -2.26. The number of nitrogens with zero attached hydrogens (tertiary/aromatic N) is 2. The molecule has 1 aliphatic carbocycles. The number of carbonyl (C=O) groups is 1. The van der Waals surface area contributed by atoms with Crippen molar-refractivity contribution in [3.05, 3.63) is 75.9 Å². The fraction of sp³-hybridized carbons (Fsp3) is 0.321. The maximum absolute atomic E-state index is 14.0. The first-order valence-electron chi connectivity index (χ1n) is 12.0. The van der Waals surface area contributed by atoms with E-state index in [0.29, 0.717) is 21.3 Å². The number of thiophene rings is 1. The van der Waals surface area contributed by atoms with Crippen molar-refractivity contribution in [3.63, 3.8) is 0 Å². The number of hydrogen-bond donors (Lipinski definition) is 0. The number of carbonyl (C=O) groups excluding carboxylic acids is 1. The number of aromatic nitrogens is 2. The highest BCUT2D eigenvalue weighted by atomic mass is 32.2. The Hall–Kier alpha value is -2.90. The first kappa shape index (κ1) is 23.8. The van der Waals surface area contributed by atoms with Gasteiger partial charge in [-0.1, -0.05) is 73.6 Å². The fourth-order valence-electron chi connectivity index (χ4n) is 4.83. The Morgan fingerprint density at radius 1 is 1.11 bits per heavy atom. The molecule has 0 radical (unpaired) electrons. The molecule has 4 aromatic rings. The summed E-state index contributed by atoms with van der Waals surface area (Å²) in [5, 5.41) is 1.12. The maximum Gasteiger partial charge on any atom is 0.316 e. The quantitative estimate of drug-likeness (QED) is 0.167. The van der Waals surface area contributed by atoms with Gasteiger partial charge in [0.2, 0.25) is 0 Å². The summed E-state index contributed by atoms with van der Waals surface area (Å²) < 4.78 is 7.38. The van der Waals surface area contributed by atoms with Crippen molar-refractivity contribution in [2.75, 3.05) is 5.75 Å². The molecule has 2 aromatic carbocycles. The predicted octanol–water partition coefficient (Wildman–Crippen LogP) is 6.64. The number of fused-ring (bicyclic) bond motifs is 1. The highest BCUT2D eigenvalue weighted by molar-refractivity contribution is 7.99. The Balaban J connectivity index is 1.52. The Kier molecular flexibility index (Phi) is 7.07. The van der Waals surface area contributed by atoms with E-state index in [9.17, 15) is 9.59 Å². The number of rotatable bonds is 6. The molecule has 0 bridgehead atoms. The van der Waals surface area contributed by atoms with Crippen LogP contribution in [0.2, 0.25) is 0 Å². The highest BCUT2D eigenvalue weighted by Crippen LogP contribution is 2.37. The number of ether oxygens (including phenoxy) is 1. The van der Waals surface area contributed by atoms with Crippen LogP contribution in [-0.2, 0) is 9.53 Å². The van der Waals surface area contributed by atoms with E-state index in [2.05, 4.69) is 6.92 Å². The second-order valence-electron chi connectivity index (χ2n) is 9.12. The number of esters is 1. The van der Waals surface area contributed by atoms with Crippen molar-refractivity contribution < 1.29 is 9.53 Å². The van der Waals surface area contributed by atoms with Crippen molar-refractivity contribution in [1.82, 2.24) is 9.55 Å². The molecule has 2 heterocycles. The average molecular weight is 505 g/mol. The summed E-state index contributed by atoms with van der Waals surface area (Å²) >= 11 is 2.78. The van der Waals surface area contributed by atoms with Crippen molar-refractivity contribution >= 4 is 39.3 Å². The van der Waals surface area contributed by atoms with Gasteiger partial charge in [-0.15, -0.1) is 11.3 Å². The molecule has 180 valence electrons. The second kappa shape index (κ2) is 10.4. The van der Waals surface area contributed by atoms with E-state index in [1.165, 1.54) is 29.5 Å². The van der Waals surface area contributed by atoms with E-state index < -0.39 is 0 Å². The van der Waals surface area contributed by atoms with E-state index in [1.54, 1.807) is 4.57 Å². The molecule has 0 N–H and O–H groups in total. The molecule has 0 spiro atoms. The van der Waals surface area contributed by atoms with Crippen molar-refractivity contribution in [2.24, 2.45) is 5.92 Å². The van der Waals surface area contributed by atoms with Crippen LogP contribution < -0.4 is 5.56 Å². The molecule has 5 nitrogen and oxygen atoms in total. The standard InChI is InChI=1S/C28H28N2O3S2/c1-18-10-9-15-22(16-18)33-23(31)17-34-28-29-26-25(27(32)30(28)21-13-7-4-8-14-21)24(19(2)35-26)20-11-5-3-6-12-20/h3-8,11-14,18,22H,9-10,15-17H2,1-2H3. The van der Waals surface area contributed by atoms with E-state index in [4.69, 9.17) is 9.72 Å². The molecule has 0 saturated heterocycles. The molecule has 35 heavy (non-hydrogen) atoms. The minimum atomic E-state index is -0.254. The molecular weight excluding hydrogens is 476 g/mol. The summed E-state index contributed by atoms with van der Waals surface area (Å²) in [6.45, 7) is 4.23. The Morgan fingerprint density at radius 2 is 1.83 bits per heavy atom. The van der Waals surface area contributed by atoms with Gasteiger partial charge >= 0.3 is 5.97 Å². The molecule has 2 aromatic heterocycles. The van der Waals surface area contributed by atoms with Crippen molar-refractivity contribution in [1.29, 1.82) is 0 Å². The van der Waals surface area contributed by atoms with E-state index >= 15 is 0 Å². The van der Waals surface area contributed by atoms with Crippen LogP contribution in [0.5, 0.6) is 0 Å². The van der Waals surface area contributed by atoms with E-state index in [1.807, 2.05) is 67.6 Å². The van der Waals surface area contributed by atoms with Gasteiger partial charge in [0.05, 0.1) is 16.8 Å². The van der Waals surface area contributed by atoms with Gasteiger partial charge in [0, 0.05) is 10.4 Å². The van der Waals surface area contributed by atoms with Crippen LogP contribution in [0.25, 0.3) is 27.0 Å². The highest BCUT2D eigenvalue weighted by Gasteiger charge is 2.24. The van der Waals surface area contributed by atoms with Gasteiger partial charge in [0.25, 0.3) is 5.56 Å². The van der Waals surface area contributed by atoms with Crippen LogP contribution in [0.1, 0.15) is 37.5 Å². The van der Waals surface area contributed by atoms with Crippen LogP contribution in [0, 0.1) is 12.8 Å². The summed E-state index contributed by atoms with van der Waals surface area (Å²) in [6, 6.07) is 19.5. The van der Waals surface area contributed by atoms with Crippen LogP contribution in [0.3, 0.4) is 0 Å². The van der Waals surface area contributed by atoms with Crippen LogP contribution in [0.15, 0.2) is 70.6 Å². The van der Waals surface area contributed by atoms with Gasteiger partial charge < -0.3 is 4.74 Å². The lowest BCUT2D eigenvalue weighted by molar-refractivity contribution is -0.147. The minimum Gasteiger partial charge on any atom is -0.462 e. The van der Waals surface area contributed by atoms with Gasteiger partial charge in [-0.05, 0) is 49.8 Å².